The number of hydrogen-bond acceptors (Lipinski definition) is 3. The van der Waals surface area contributed by atoms with E-state index in [9.17, 15) is 4.79 Å². The monoisotopic (exact) mass is 182 g/mol. The Kier molecular flexibility index (Phi) is 3.06. The highest BCUT2D eigenvalue weighted by Gasteiger charge is 2.26. The number of nitrogens with zero attached hydrogens (tertiary/aromatic N) is 1. The van der Waals surface area contributed by atoms with Crippen LogP contribution in [0.25, 0.3) is 0 Å². The van der Waals surface area contributed by atoms with Gasteiger partial charge in [0.2, 0.25) is 0 Å². The molecule has 1 atom stereocenters. The van der Waals surface area contributed by atoms with Gasteiger partial charge in [0.1, 0.15) is 0 Å². The van der Waals surface area contributed by atoms with E-state index in [2.05, 4.69) is 4.99 Å². The molecule has 1 rings (SSSR count). The van der Waals surface area contributed by atoms with E-state index < -0.39 is 5.97 Å². The van der Waals surface area contributed by atoms with E-state index in [0.29, 0.717) is 12.8 Å². The summed E-state index contributed by atoms with van der Waals surface area (Å²) in [6, 6.07) is 0. The standard InChI is InChI=1S/C9H14N2O2/c1-11-8-3-2-6(9(12)13)4-7(8)5-10/h5-6H,2-4,10H2,1H3,(H,12,13)/b7-5-,11-8?. The summed E-state index contributed by atoms with van der Waals surface area (Å²) in [7, 11) is 1.71. The Balaban J connectivity index is 2.75. The van der Waals surface area contributed by atoms with Crippen molar-refractivity contribution in [3.63, 3.8) is 0 Å². The van der Waals surface area contributed by atoms with Gasteiger partial charge in [-0.3, -0.25) is 9.79 Å². The number of carbonyl (C=O) groups is 1. The fraction of sp³-hybridized carbons (Fsp3) is 0.556. The fourth-order valence-corrected chi connectivity index (χ4v) is 1.59. The molecule has 1 unspecified atom stereocenters. The molecule has 0 radical (unpaired) electrons. The lowest BCUT2D eigenvalue weighted by atomic mass is 9.84. The summed E-state index contributed by atoms with van der Waals surface area (Å²) in [5.74, 6) is -1.03. The van der Waals surface area contributed by atoms with Gasteiger partial charge in [0, 0.05) is 12.8 Å². The molecule has 1 aliphatic rings. The Hall–Kier alpha value is -1.32. The van der Waals surface area contributed by atoms with E-state index in [1.807, 2.05) is 0 Å². The number of rotatable bonds is 1. The minimum Gasteiger partial charge on any atom is -0.481 e. The quantitative estimate of drug-likeness (QED) is 0.629. The molecule has 13 heavy (non-hydrogen) atoms. The van der Waals surface area contributed by atoms with Crippen molar-refractivity contribution < 1.29 is 9.90 Å². The van der Waals surface area contributed by atoms with E-state index in [4.69, 9.17) is 10.8 Å². The Morgan fingerprint density at radius 3 is 2.92 bits per heavy atom. The molecule has 1 fully saturated rings. The molecule has 1 aliphatic carbocycles. The van der Waals surface area contributed by atoms with Crippen molar-refractivity contribution in [1.29, 1.82) is 0 Å². The number of aliphatic imine (C=N–C) groups is 1. The summed E-state index contributed by atoms with van der Waals surface area (Å²) in [5, 5.41) is 8.80. The molecule has 72 valence electrons. The highest BCUT2D eigenvalue weighted by molar-refractivity contribution is 6.01. The molecular formula is C9H14N2O2. The van der Waals surface area contributed by atoms with E-state index in [1.54, 1.807) is 7.05 Å². The third-order valence-electron chi connectivity index (χ3n) is 2.39. The van der Waals surface area contributed by atoms with E-state index in [0.717, 1.165) is 17.7 Å². The average molecular weight is 182 g/mol. The minimum atomic E-state index is -0.741. The zero-order valence-corrected chi connectivity index (χ0v) is 7.66. The topological polar surface area (TPSA) is 75.7 Å². The van der Waals surface area contributed by atoms with Crippen LogP contribution in [0.4, 0.5) is 0 Å². The van der Waals surface area contributed by atoms with Crippen molar-refractivity contribution in [1.82, 2.24) is 0 Å². The number of aliphatic carboxylic acids is 1. The maximum absolute atomic E-state index is 10.7. The lowest BCUT2D eigenvalue weighted by molar-refractivity contribution is -0.141. The summed E-state index contributed by atoms with van der Waals surface area (Å²) < 4.78 is 0. The van der Waals surface area contributed by atoms with Gasteiger partial charge in [-0.2, -0.15) is 0 Å². The van der Waals surface area contributed by atoms with Crippen molar-refractivity contribution in [3.8, 4) is 0 Å². The second-order valence-electron chi connectivity index (χ2n) is 3.14. The van der Waals surface area contributed by atoms with Crippen LogP contribution in [0, 0.1) is 5.92 Å². The normalized spacial score (nSPS) is 29.5. The first-order chi connectivity index (χ1) is 6.19. The van der Waals surface area contributed by atoms with Crippen molar-refractivity contribution in [2.75, 3.05) is 7.05 Å². The zero-order chi connectivity index (χ0) is 9.84. The molecule has 0 saturated heterocycles. The van der Waals surface area contributed by atoms with E-state index in [1.165, 1.54) is 6.20 Å². The second kappa shape index (κ2) is 4.07. The average Bonchev–Trinajstić information content (AvgIpc) is 2.16. The van der Waals surface area contributed by atoms with Crippen molar-refractivity contribution in [2.24, 2.45) is 16.6 Å². The van der Waals surface area contributed by atoms with Crippen LogP contribution in [0.3, 0.4) is 0 Å². The Labute approximate surface area is 77.2 Å². The summed E-state index contributed by atoms with van der Waals surface area (Å²) in [6.45, 7) is 0. The first kappa shape index (κ1) is 9.77. The van der Waals surface area contributed by atoms with Gasteiger partial charge < -0.3 is 10.8 Å². The van der Waals surface area contributed by atoms with Gasteiger partial charge in [0.25, 0.3) is 0 Å². The number of allylic oxidation sites excluding steroid dienone is 1. The second-order valence-corrected chi connectivity index (χ2v) is 3.14. The summed E-state index contributed by atoms with van der Waals surface area (Å²) in [5.41, 5.74) is 7.22. The van der Waals surface area contributed by atoms with Crippen molar-refractivity contribution in [2.45, 2.75) is 19.3 Å². The predicted octanol–water partition coefficient (Wildman–Crippen LogP) is 0.785. The van der Waals surface area contributed by atoms with Gasteiger partial charge in [0.15, 0.2) is 0 Å². The van der Waals surface area contributed by atoms with E-state index in [-0.39, 0.29) is 5.92 Å². The van der Waals surface area contributed by atoms with Crippen LogP contribution >= 0.6 is 0 Å². The highest BCUT2D eigenvalue weighted by atomic mass is 16.4. The summed E-state index contributed by atoms with van der Waals surface area (Å²) >= 11 is 0. The number of hydrogen-bond donors (Lipinski definition) is 2. The fourth-order valence-electron chi connectivity index (χ4n) is 1.59. The number of nitrogens with two attached hydrogens (primary N) is 1. The van der Waals surface area contributed by atoms with Crippen LogP contribution in [0.2, 0.25) is 0 Å². The molecule has 0 aromatic heterocycles. The van der Waals surface area contributed by atoms with Gasteiger partial charge in [0.05, 0.1) is 5.92 Å². The van der Waals surface area contributed by atoms with Crippen LogP contribution in [0.5, 0.6) is 0 Å². The molecule has 4 nitrogen and oxygen atoms in total. The summed E-state index contributed by atoms with van der Waals surface area (Å²) in [6.07, 6.45) is 3.37. The molecule has 0 bridgehead atoms. The van der Waals surface area contributed by atoms with Crippen LogP contribution in [-0.4, -0.2) is 23.8 Å². The van der Waals surface area contributed by atoms with Gasteiger partial charge in [-0.25, -0.2) is 0 Å². The van der Waals surface area contributed by atoms with E-state index >= 15 is 0 Å². The molecule has 3 N–H and O–H groups in total. The van der Waals surface area contributed by atoms with Gasteiger partial charge >= 0.3 is 5.97 Å². The van der Waals surface area contributed by atoms with Crippen LogP contribution in [0.15, 0.2) is 16.8 Å². The molecule has 0 aromatic carbocycles. The first-order valence-electron chi connectivity index (χ1n) is 4.28. The minimum absolute atomic E-state index is 0.291. The van der Waals surface area contributed by atoms with Gasteiger partial charge in [-0.1, -0.05) is 0 Å². The van der Waals surface area contributed by atoms with Crippen LogP contribution in [0.1, 0.15) is 19.3 Å². The molecular weight excluding hydrogens is 168 g/mol. The van der Waals surface area contributed by atoms with Gasteiger partial charge in [-0.05, 0) is 31.0 Å². The predicted molar refractivity (Wildman–Crippen MR) is 50.6 cm³/mol. The first-order valence-corrected chi connectivity index (χ1v) is 4.28. The molecule has 0 heterocycles. The maximum Gasteiger partial charge on any atom is 0.306 e. The third kappa shape index (κ3) is 2.08. The van der Waals surface area contributed by atoms with Crippen molar-refractivity contribution >= 4 is 11.7 Å². The number of carboxylic acid groups (broad SMARTS) is 1. The summed E-state index contributed by atoms with van der Waals surface area (Å²) in [4.78, 5) is 14.8. The lowest BCUT2D eigenvalue weighted by Gasteiger charge is -2.21. The Morgan fingerprint density at radius 2 is 2.46 bits per heavy atom. The molecule has 0 amide bonds. The van der Waals surface area contributed by atoms with Crippen LogP contribution in [-0.2, 0) is 4.79 Å². The molecule has 4 heteroatoms. The van der Waals surface area contributed by atoms with Crippen LogP contribution < -0.4 is 5.73 Å². The molecule has 0 aliphatic heterocycles. The largest absolute Gasteiger partial charge is 0.481 e. The molecule has 0 spiro atoms. The molecule has 0 aromatic rings. The number of carboxylic acids is 1. The smallest absolute Gasteiger partial charge is 0.306 e. The SMILES string of the molecule is CN=C1CCC(C(=O)O)C/C1=C/N. The highest BCUT2D eigenvalue weighted by Crippen LogP contribution is 2.26. The Morgan fingerprint density at radius 1 is 1.77 bits per heavy atom. The molecule has 1 saturated carbocycles. The van der Waals surface area contributed by atoms with Gasteiger partial charge in [-0.15, -0.1) is 0 Å². The maximum atomic E-state index is 10.7. The lowest BCUT2D eigenvalue weighted by Crippen LogP contribution is -2.24. The third-order valence-corrected chi connectivity index (χ3v) is 2.39. The Bertz CT molecular complexity index is 269. The zero-order valence-electron chi connectivity index (χ0n) is 7.66. The van der Waals surface area contributed by atoms with Crippen molar-refractivity contribution in [3.05, 3.63) is 11.8 Å².